The van der Waals surface area contributed by atoms with Crippen LogP contribution in [-0.4, -0.2) is 34.6 Å². The van der Waals surface area contributed by atoms with Gasteiger partial charge in [0.15, 0.2) is 17.0 Å². The van der Waals surface area contributed by atoms with Crippen LogP contribution in [0.4, 0.5) is 0 Å². The maximum Gasteiger partial charge on any atom is 0.184 e. The van der Waals surface area contributed by atoms with Gasteiger partial charge >= 0.3 is 0 Å². The fourth-order valence-electron chi connectivity index (χ4n) is 2.77. The Labute approximate surface area is 161 Å². The molecular formula is C19H19ClN6O. The highest BCUT2D eigenvalue weighted by Gasteiger charge is 2.23. The Bertz CT molecular complexity index is 1120. The molecule has 1 aromatic carbocycles. The molecule has 3 heterocycles. The van der Waals surface area contributed by atoms with Crippen LogP contribution < -0.4 is 0 Å². The molecule has 27 heavy (non-hydrogen) atoms. The molecule has 0 atom stereocenters. The standard InChI is InChI=1S/C19H19ClN6O/c1-19(2,3)18-21-16(25-9-8-13(27)11-25)15-17(22-18)26(24-23-15)10-12-6-4-5-7-14(12)20/h4-9,11,27H,10H2,1-3H3. The molecule has 0 bridgehead atoms. The number of nitrogens with zero attached hydrogens (tertiary/aromatic N) is 6. The lowest BCUT2D eigenvalue weighted by atomic mass is 9.96. The molecule has 8 heteroatoms. The van der Waals surface area contributed by atoms with Gasteiger partial charge in [-0.2, -0.15) is 0 Å². The van der Waals surface area contributed by atoms with Gasteiger partial charge in [0.25, 0.3) is 0 Å². The normalized spacial score (nSPS) is 12.0. The van der Waals surface area contributed by atoms with E-state index in [4.69, 9.17) is 21.6 Å². The van der Waals surface area contributed by atoms with E-state index in [1.165, 1.54) is 0 Å². The van der Waals surface area contributed by atoms with Gasteiger partial charge in [-0.3, -0.25) is 0 Å². The first-order valence-electron chi connectivity index (χ1n) is 8.55. The Morgan fingerprint density at radius 1 is 1.11 bits per heavy atom. The maximum atomic E-state index is 9.73. The van der Waals surface area contributed by atoms with Gasteiger partial charge in [-0.15, -0.1) is 5.10 Å². The quantitative estimate of drug-likeness (QED) is 0.584. The number of hydrogen-bond acceptors (Lipinski definition) is 5. The van der Waals surface area contributed by atoms with Crippen LogP contribution in [0, 0.1) is 0 Å². The van der Waals surface area contributed by atoms with E-state index in [1.807, 2.05) is 45.0 Å². The van der Waals surface area contributed by atoms with E-state index in [0.717, 1.165) is 5.56 Å². The van der Waals surface area contributed by atoms with Gasteiger partial charge in [0.2, 0.25) is 0 Å². The summed E-state index contributed by atoms with van der Waals surface area (Å²) in [6, 6.07) is 9.22. The Kier molecular flexibility index (Phi) is 4.11. The summed E-state index contributed by atoms with van der Waals surface area (Å²) in [5.74, 6) is 1.40. The van der Waals surface area contributed by atoms with E-state index >= 15 is 0 Å². The van der Waals surface area contributed by atoms with Crippen molar-refractivity contribution in [3.05, 3.63) is 59.1 Å². The highest BCUT2D eigenvalue weighted by atomic mass is 35.5. The van der Waals surface area contributed by atoms with Crippen molar-refractivity contribution in [3.8, 4) is 11.6 Å². The number of benzene rings is 1. The van der Waals surface area contributed by atoms with Crippen molar-refractivity contribution in [2.75, 3.05) is 0 Å². The molecule has 3 aromatic heterocycles. The summed E-state index contributed by atoms with van der Waals surface area (Å²) < 4.78 is 3.45. The highest BCUT2D eigenvalue weighted by molar-refractivity contribution is 6.31. The summed E-state index contributed by atoms with van der Waals surface area (Å²) in [7, 11) is 0. The van der Waals surface area contributed by atoms with Gasteiger partial charge in [0, 0.05) is 16.6 Å². The molecule has 4 aromatic rings. The molecule has 0 aliphatic carbocycles. The van der Waals surface area contributed by atoms with Crippen molar-refractivity contribution >= 4 is 22.8 Å². The van der Waals surface area contributed by atoms with Gasteiger partial charge in [0.05, 0.1) is 12.7 Å². The van der Waals surface area contributed by atoms with Gasteiger partial charge in [-0.25, -0.2) is 14.6 Å². The predicted molar refractivity (Wildman–Crippen MR) is 103 cm³/mol. The summed E-state index contributed by atoms with van der Waals surface area (Å²) in [5, 5.41) is 19.0. The van der Waals surface area contributed by atoms with Crippen LogP contribution in [0.3, 0.4) is 0 Å². The minimum atomic E-state index is -0.266. The lowest BCUT2D eigenvalue weighted by molar-refractivity contribution is 0.475. The van der Waals surface area contributed by atoms with Crippen LogP contribution in [0.1, 0.15) is 32.2 Å². The number of hydrogen-bond donors (Lipinski definition) is 1. The predicted octanol–water partition coefficient (Wildman–Crippen LogP) is 3.72. The molecule has 0 radical (unpaired) electrons. The fourth-order valence-corrected chi connectivity index (χ4v) is 2.96. The minimum absolute atomic E-state index is 0.155. The Morgan fingerprint density at radius 2 is 1.89 bits per heavy atom. The monoisotopic (exact) mass is 382 g/mol. The largest absolute Gasteiger partial charge is 0.506 e. The number of rotatable bonds is 3. The zero-order valence-corrected chi connectivity index (χ0v) is 16.0. The average Bonchev–Trinajstić information content (AvgIpc) is 3.22. The second kappa shape index (κ2) is 6.35. The van der Waals surface area contributed by atoms with E-state index in [9.17, 15) is 5.11 Å². The summed E-state index contributed by atoms with van der Waals surface area (Å²) in [6.07, 6.45) is 3.32. The maximum absolute atomic E-state index is 9.73. The van der Waals surface area contributed by atoms with E-state index in [2.05, 4.69) is 10.3 Å². The van der Waals surface area contributed by atoms with Gasteiger partial charge in [-0.05, 0) is 17.7 Å². The topological polar surface area (TPSA) is 81.6 Å². The molecule has 0 aliphatic rings. The zero-order chi connectivity index (χ0) is 19.2. The lowest BCUT2D eigenvalue weighted by Gasteiger charge is -2.17. The molecule has 0 fully saturated rings. The smallest absolute Gasteiger partial charge is 0.184 e. The van der Waals surface area contributed by atoms with E-state index in [1.54, 1.807) is 27.7 Å². The number of aromatic hydroxyl groups is 1. The van der Waals surface area contributed by atoms with Crippen molar-refractivity contribution in [2.45, 2.75) is 32.7 Å². The van der Waals surface area contributed by atoms with E-state index < -0.39 is 0 Å². The Balaban J connectivity index is 1.91. The molecule has 1 N–H and O–H groups in total. The van der Waals surface area contributed by atoms with Gasteiger partial charge in [-0.1, -0.05) is 55.8 Å². The van der Waals surface area contributed by atoms with Crippen molar-refractivity contribution < 1.29 is 5.11 Å². The molecule has 0 aliphatic heterocycles. The van der Waals surface area contributed by atoms with Crippen LogP contribution >= 0.6 is 11.6 Å². The Morgan fingerprint density at radius 3 is 2.56 bits per heavy atom. The first kappa shape index (κ1) is 17.5. The van der Waals surface area contributed by atoms with Crippen molar-refractivity contribution in [1.29, 1.82) is 0 Å². The number of fused-ring (bicyclic) bond motifs is 1. The molecular weight excluding hydrogens is 364 g/mol. The number of halogens is 1. The second-order valence-corrected chi connectivity index (χ2v) is 7.82. The van der Waals surface area contributed by atoms with E-state index in [-0.39, 0.29) is 11.2 Å². The third kappa shape index (κ3) is 3.26. The average molecular weight is 383 g/mol. The fraction of sp³-hybridized carbons (Fsp3) is 0.263. The summed E-state index contributed by atoms with van der Waals surface area (Å²) >= 11 is 6.30. The molecule has 7 nitrogen and oxygen atoms in total. The first-order chi connectivity index (χ1) is 12.8. The summed E-state index contributed by atoms with van der Waals surface area (Å²) in [6.45, 7) is 6.60. The van der Waals surface area contributed by atoms with Crippen LogP contribution in [0.25, 0.3) is 17.0 Å². The lowest BCUT2D eigenvalue weighted by Crippen LogP contribution is -2.18. The molecule has 4 rings (SSSR count). The van der Waals surface area contributed by atoms with Crippen LogP contribution in [0.5, 0.6) is 5.75 Å². The molecule has 0 amide bonds. The SMILES string of the molecule is CC(C)(C)c1nc(-n2ccc(O)c2)c2nnn(Cc3ccccc3Cl)c2n1. The molecule has 0 spiro atoms. The molecule has 0 saturated heterocycles. The minimum Gasteiger partial charge on any atom is -0.506 e. The third-order valence-corrected chi connectivity index (χ3v) is 4.58. The van der Waals surface area contributed by atoms with Gasteiger partial charge < -0.3 is 9.67 Å². The van der Waals surface area contributed by atoms with Crippen molar-refractivity contribution in [3.63, 3.8) is 0 Å². The highest BCUT2D eigenvalue weighted by Crippen LogP contribution is 2.26. The third-order valence-electron chi connectivity index (χ3n) is 4.21. The second-order valence-electron chi connectivity index (χ2n) is 7.41. The van der Waals surface area contributed by atoms with Crippen molar-refractivity contribution in [1.82, 2.24) is 29.5 Å². The zero-order valence-electron chi connectivity index (χ0n) is 15.3. The first-order valence-corrected chi connectivity index (χ1v) is 8.93. The van der Waals surface area contributed by atoms with Crippen LogP contribution in [0.15, 0.2) is 42.7 Å². The summed E-state index contributed by atoms with van der Waals surface area (Å²) in [5.41, 5.74) is 1.85. The van der Waals surface area contributed by atoms with Crippen LogP contribution in [-0.2, 0) is 12.0 Å². The van der Waals surface area contributed by atoms with Gasteiger partial charge in [0.1, 0.15) is 11.6 Å². The molecule has 138 valence electrons. The summed E-state index contributed by atoms with van der Waals surface area (Å²) in [4.78, 5) is 9.43. The van der Waals surface area contributed by atoms with Crippen molar-refractivity contribution in [2.24, 2.45) is 0 Å². The molecule has 0 saturated carbocycles. The molecule has 0 unspecified atom stereocenters. The van der Waals surface area contributed by atoms with Crippen LogP contribution in [0.2, 0.25) is 5.02 Å². The van der Waals surface area contributed by atoms with E-state index in [0.29, 0.717) is 34.4 Å². The Hall–Kier alpha value is -2.93. The number of aromatic nitrogens is 6.